The maximum Gasteiger partial charge on any atom is 0.343 e. The van der Waals surface area contributed by atoms with Crippen LogP contribution in [0.1, 0.15) is 67.4 Å². The summed E-state index contributed by atoms with van der Waals surface area (Å²) in [4.78, 5) is 25.1. The van der Waals surface area contributed by atoms with Crippen LogP contribution in [0.2, 0.25) is 0 Å². The van der Waals surface area contributed by atoms with Crippen LogP contribution in [0.5, 0.6) is 0 Å². The van der Waals surface area contributed by atoms with Gasteiger partial charge in [0.05, 0.1) is 29.2 Å². The average Bonchev–Trinajstić information content (AvgIpc) is 3.47. The smallest absolute Gasteiger partial charge is 0.343 e. The molecule has 30 heavy (non-hydrogen) atoms. The number of aliphatic hydroxyl groups is 1. The highest BCUT2D eigenvalue weighted by atomic mass is 19.2. The van der Waals surface area contributed by atoms with Crippen molar-refractivity contribution in [2.75, 3.05) is 6.61 Å². The normalized spacial score (nSPS) is 20.8. The molecule has 0 bridgehead atoms. The number of esters is 1. The number of aliphatic hydroxyl groups excluding tert-OH is 1. The fourth-order valence-electron chi connectivity index (χ4n) is 4.09. The van der Waals surface area contributed by atoms with E-state index in [0.717, 1.165) is 31.7 Å². The maximum absolute atomic E-state index is 14.7. The first-order valence-corrected chi connectivity index (χ1v) is 10.3. The first-order valence-electron chi connectivity index (χ1n) is 10.3. The van der Waals surface area contributed by atoms with Gasteiger partial charge < -0.3 is 14.4 Å². The number of aromatic nitrogens is 1. The summed E-state index contributed by atoms with van der Waals surface area (Å²) in [6.45, 7) is 1.73. The summed E-state index contributed by atoms with van der Waals surface area (Å²) < 4.78 is 35.7. The lowest BCUT2D eigenvalue weighted by Crippen LogP contribution is -2.22. The highest BCUT2D eigenvalue weighted by Crippen LogP contribution is 2.38. The Bertz CT molecular complexity index is 1120. The molecule has 0 saturated heterocycles. The number of hydrogen-bond donors (Lipinski definition) is 1. The van der Waals surface area contributed by atoms with E-state index >= 15 is 0 Å². The van der Waals surface area contributed by atoms with Crippen LogP contribution in [0.15, 0.2) is 17.1 Å². The first-order chi connectivity index (χ1) is 14.4. The third kappa shape index (κ3) is 3.84. The summed E-state index contributed by atoms with van der Waals surface area (Å²) in [5, 5.41) is 9.57. The fraction of sp³-hybridized carbons (Fsp3) is 0.478. The summed E-state index contributed by atoms with van der Waals surface area (Å²) in [5.41, 5.74) is -0.835. The molecule has 4 rings (SSSR count). The number of halogens is 2. The Morgan fingerprint density at radius 3 is 2.70 bits per heavy atom. The molecule has 158 valence electrons. The van der Waals surface area contributed by atoms with Gasteiger partial charge in [0, 0.05) is 18.7 Å². The SMILES string of the molecule is CCOC(=O)c1cn(C2CC2)c2c(C#CCC3CC[C@H](O)C3)c(F)c(F)cc2c1=O. The molecule has 1 N–H and O–H groups in total. The van der Waals surface area contributed by atoms with E-state index in [2.05, 4.69) is 11.8 Å². The van der Waals surface area contributed by atoms with Gasteiger partial charge in [-0.2, -0.15) is 0 Å². The van der Waals surface area contributed by atoms with Crippen molar-refractivity contribution >= 4 is 16.9 Å². The molecule has 2 aliphatic carbocycles. The van der Waals surface area contributed by atoms with Gasteiger partial charge in [0.25, 0.3) is 0 Å². The molecular formula is C23H23F2NO4. The van der Waals surface area contributed by atoms with Gasteiger partial charge in [0.1, 0.15) is 5.56 Å². The van der Waals surface area contributed by atoms with Crippen LogP contribution in [0.25, 0.3) is 10.9 Å². The number of fused-ring (bicyclic) bond motifs is 1. The average molecular weight is 415 g/mol. The Labute approximate surface area is 172 Å². The van der Waals surface area contributed by atoms with Gasteiger partial charge in [-0.25, -0.2) is 13.6 Å². The minimum absolute atomic E-state index is 0.00309. The molecule has 2 saturated carbocycles. The lowest BCUT2D eigenvalue weighted by Gasteiger charge is -2.15. The molecule has 0 amide bonds. The van der Waals surface area contributed by atoms with Crippen molar-refractivity contribution in [2.24, 2.45) is 5.92 Å². The van der Waals surface area contributed by atoms with E-state index in [1.165, 1.54) is 6.20 Å². The Morgan fingerprint density at radius 1 is 1.30 bits per heavy atom. The van der Waals surface area contributed by atoms with Crippen molar-refractivity contribution in [3.63, 3.8) is 0 Å². The molecule has 1 aromatic heterocycles. The largest absolute Gasteiger partial charge is 0.462 e. The van der Waals surface area contributed by atoms with Gasteiger partial charge in [-0.1, -0.05) is 11.8 Å². The van der Waals surface area contributed by atoms with Crippen LogP contribution in [0.4, 0.5) is 8.78 Å². The highest BCUT2D eigenvalue weighted by molar-refractivity contribution is 5.95. The summed E-state index contributed by atoms with van der Waals surface area (Å²) in [6, 6.07) is 0.837. The molecule has 2 aliphatic rings. The topological polar surface area (TPSA) is 68.5 Å². The number of nitrogens with zero attached hydrogens (tertiary/aromatic N) is 1. The zero-order valence-electron chi connectivity index (χ0n) is 16.7. The zero-order valence-corrected chi connectivity index (χ0v) is 16.7. The standard InChI is InChI=1S/C23H23F2NO4/c1-2-30-23(29)18-12-26(14-7-8-14)21-16(5-3-4-13-6-9-15(27)10-13)20(25)19(24)11-17(21)22(18)28/h11-15,27H,2,4,6-10H2,1H3/t13?,15-/m0/s1. The van der Waals surface area contributed by atoms with Gasteiger partial charge in [-0.3, -0.25) is 4.79 Å². The van der Waals surface area contributed by atoms with Crippen molar-refractivity contribution in [2.45, 2.75) is 57.6 Å². The third-order valence-corrected chi connectivity index (χ3v) is 5.76. The van der Waals surface area contributed by atoms with E-state index in [1.54, 1.807) is 11.5 Å². The molecule has 2 aromatic rings. The second kappa shape index (κ2) is 8.19. The van der Waals surface area contributed by atoms with Crippen LogP contribution in [-0.2, 0) is 4.74 Å². The lowest BCUT2D eigenvalue weighted by atomic mass is 10.0. The first kappa shape index (κ1) is 20.5. The van der Waals surface area contributed by atoms with Crippen molar-refractivity contribution in [1.29, 1.82) is 0 Å². The Hall–Kier alpha value is -2.72. The summed E-state index contributed by atoms with van der Waals surface area (Å²) in [6.07, 6.45) is 5.36. The molecule has 7 heteroatoms. The summed E-state index contributed by atoms with van der Waals surface area (Å²) in [5.74, 6) is 2.82. The van der Waals surface area contributed by atoms with Gasteiger partial charge in [0.15, 0.2) is 11.6 Å². The van der Waals surface area contributed by atoms with Crippen LogP contribution >= 0.6 is 0 Å². The Kier molecular flexibility index (Phi) is 5.61. The van der Waals surface area contributed by atoms with Crippen LogP contribution in [0, 0.1) is 29.4 Å². The van der Waals surface area contributed by atoms with Crippen molar-refractivity contribution in [3.05, 3.63) is 45.2 Å². The maximum atomic E-state index is 14.7. The van der Waals surface area contributed by atoms with Crippen LogP contribution in [-0.4, -0.2) is 28.4 Å². The number of hydrogen-bond acceptors (Lipinski definition) is 4. The highest BCUT2D eigenvalue weighted by Gasteiger charge is 2.30. The van der Waals surface area contributed by atoms with E-state index in [-0.39, 0.29) is 46.7 Å². The van der Waals surface area contributed by atoms with Gasteiger partial charge in [0.2, 0.25) is 5.43 Å². The molecule has 0 aliphatic heterocycles. The Balaban J connectivity index is 1.86. The summed E-state index contributed by atoms with van der Waals surface area (Å²) >= 11 is 0. The van der Waals surface area contributed by atoms with E-state index < -0.39 is 23.0 Å². The number of ether oxygens (including phenoxy) is 1. The summed E-state index contributed by atoms with van der Waals surface area (Å²) in [7, 11) is 0. The van der Waals surface area contributed by atoms with Gasteiger partial charge in [-0.05, 0) is 51.0 Å². The number of rotatable bonds is 4. The quantitative estimate of drug-likeness (QED) is 0.611. The second-order valence-electron chi connectivity index (χ2n) is 8.01. The van der Waals surface area contributed by atoms with E-state index in [0.29, 0.717) is 12.8 Å². The molecule has 2 atom stereocenters. The minimum atomic E-state index is -1.18. The molecule has 0 spiro atoms. The van der Waals surface area contributed by atoms with E-state index in [1.807, 2.05) is 0 Å². The third-order valence-electron chi connectivity index (χ3n) is 5.76. The monoisotopic (exact) mass is 415 g/mol. The number of benzene rings is 1. The van der Waals surface area contributed by atoms with Crippen molar-refractivity contribution in [3.8, 4) is 11.8 Å². The van der Waals surface area contributed by atoms with E-state index in [4.69, 9.17) is 4.74 Å². The van der Waals surface area contributed by atoms with Crippen molar-refractivity contribution < 1.29 is 23.4 Å². The zero-order chi connectivity index (χ0) is 21.4. The van der Waals surface area contributed by atoms with Gasteiger partial charge in [-0.15, -0.1) is 0 Å². The molecule has 5 nitrogen and oxygen atoms in total. The molecule has 1 unspecified atom stereocenters. The lowest BCUT2D eigenvalue weighted by molar-refractivity contribution is 0.0524. The molecular weight excluding hydrogens is 392 g/mol. The fourth-order valence-corrected chi connectivity index (χ4v) is 4.09. The molecule has 2 fully saturated rings. The molecule has 0 radical (unpaired) electrons. The van der Waals surface area contributed by atoms with Crippen molar-refractivity contribution in [1.82, 2.24) is 4.57 Å². The molecule has 1 heterocycles. The minimum Gasteiger partial charge on any atom is -0.462 e. The number of carbonyl (C=O) groups excluding carboxylic acids is 1. The van der Waals surface area contributed by atoms with Crippen LogP contribution < -0.4 is 5.43 Å². The van der Waals surface area contributed by atoms with E-state index in [9.17, 15) is 23.5 Å². The molecule has 1 aromatic carbocycles. The number of pyridine rings is 1. The predicted octanol–water partition coefficient (Wildman–Crippen LogP) is 3.69. The second-order valence-corrected chi connectivity index (χ2v) is 8.01. The number of carbonyl (C=O) groups is 1. The predicted molar refractivity (Wildman–Crippen MR) is 107 cm³/mol. The van der Waals surface area contributed by atoms with Gasteiger partial charge >= 0.3 is 5.97 Å². The Morgan fingerprint density at radius 2 is 2.07 bits per heavy atom. The van der Waals surface area contributed by atoms with Crippen LogP contribution in [0.3, 0.4) is 0 Å².